The molecule has 1 aliphatic rings. The summed E-state index contributed by atoms with van der Waals surface area (Å²) in [6, 6.07) is 12.5. The van der Waals surface area contributed by atoms with Crippen molar-refractivity contribution in [3.05, 3.63) is 65.5 Å². The number of hydrogen-bond donors (Lipinski definition) is 0. The van der Waals surface area contributed by atoms with Crippen LogP contribution < -0.4 is 0 Å². The number of rotatable bonds is 5. The van der Waals surface area contributed by atoms with E-state index in [2.05, 4.69) is 18.0 Å². The van der Waals surface area contributed by atoms with Crippen LogP contribution in [0, 0.1) is 6.92 Å². The molecule has 0 bridgehead atoms. The molecule has 21 heavy (non-hydrogen) atoms. The number of pyridine rings is 1. The summed E-state index contributed by atoms with van der Waals surface area (Å²) in [5, 5.41) is 0. The van der Waals surface area contributed by atoms with Crippen LogP contribution in [0.25, 0.3) is 0 Å². The van der Waals surface area contributed by atoms with E-state index in [9.17, 15) is 4.79 Å². The minimum Gasteiger partial charge on any atom is -0.335 e. The lowest BCUT2D eigenvalue weighted by Crippen LogP contribution is -2.34. The van der Waals surface area contributed by atoms with E-state index in [0.29, 0.717) is 19.0 Å². The van der Waals surface area contributed by atoms with Gasteiger partial charge in [0.2, 0.25) is 5.91 Å². The zero-order valence-electron chi connectivity index (χ0n) is 12.3. The van der Waals surface area contributed by atoms with E-state index in [4.69, 9.17) is 0 Å². The Hall–Kier alpha value is -2.16. The van der Waals surface area contributed by atoms with Crippen LogP contribution in [0.5, 0.6) is 0 Å². The maximum Gasteiger partial charge on any atom is 0.227 e. The average Bonchev–Trinajstić information content (AvgIpc) is 3.33. The fraction of sp³-hybridized carbons (Fsp3) is 0.333. The summed E-state index contributed by atoms with van der Waals surface area (Å²) >= 11 is 0. The molecule has 0 saturated heterocycles. The summed E-state index contributed by atoms with van der Waals surface area (Å²) in [5.41, 5.74) is 3.46. The molecule has 1 saturated carbocycles. The molecular formula is C18H20N2O. The predicted molar refractivity (Wildman–Crippen MR) is 82.7 cm³/mol. The van der Waals surface area contributed by atoms with E-state index in [1.165, 1.54) is 5.56 Å². The molecule has 0 spiro atoms. The third-order valence-electron chi connectivity index (χ3n) is 4.01. The first-order valence-corrected chi connectivity index (χ1v) is 7.47. The van der Waals surface area contributed by atoms with Crippen LogP contribution in [0.4, 0.5) is 0 Å². The Balaban J connectivity index is 1.72. The fourth-order valence-electron chi connectivity index (χ4n) is 2.56. The smallest absolute Gasteiger partial charge is 0.227 e. The van der Waals surface area contributed by atoms with Gasteiger partial charge in [0.1, 0.15) is 0 Å². The second kappa shape index (κ2) is 6.08. The first-order valence-electron chi connectivity index (χ1n) is 7.47. The van der Waals surface area contributed by atoms with Gasteiger partial charge in [-0.2, -0.15) is 0 Å². The molecule has 0 atom stereocenters. The van der Waals surface area contributed by atoms with Crippen LogP contribution >= 0.6 is 0 Å². The fourth-order valence-corrected chi connectivity index (χ4v) is 2.56. The molecule has 2 aromatic rings. The molecule has 1 amide bonds. The lowest BCUT2D eigenvalue weighted by atomic mass is 10.1. The molecule has 3 heteroatoms. The van der Waals surface area contributed by atoms with Crippen molar-refractivity contribution in [1.82, 2.24) is 9.88 Å². The van der Waals surface area contributed by atoms with Crippen molar-refractivity contribution >= 4 is 5.91 Å². The molecule has 1 aromatic carbocycles. The summed E-state index contributed by atoms with van der Waals surface area (Å²) in [5.74, 6) is 0.226. The number of amides is 1. The predicted octanol–water partition coefficient (Wildman–Crippen LogP) is 3.12. The normalized spacial score (nSPS) is 14.0. The molecule has 3 rings (SSSR count). The Kier molecular flexibility index (Phi) is 4.00. The van der Waals surface area contributed by atoms with Crippen LogP contribution in [0.1, 0.15) is 29.5 Å². The number of carbonyl (C=O) groups is 1. The molecule has 1 heterocycles. The number of carbonyl (C=O) groups excluding carboxylic acids is 1. The summed E-state index contributed by atoms with van der Waals surface area (Å²) in [6.07, 6.45) is 6.32. The molecule has 1 fully saturated rings. The largest absolute Gasteiger partial charge is 0.335 e. The zero-order chi connectivity index (χ0) is 14.7. The van der Waals surface area contributed by atoms with Gasteiger partial charge in [-0.15, -0.1) is 0 Å². The lowest BCUT2D eigenvalue weighted by molar-refractivity contribution is -0.131. The molecular weight excluding hydrogens is 260 g/mol. The van der Waals surface area contributed by atoms with E-state index in [1.54, 1.807) is 12.4 Å². The molecule has 0 radical (unpaired) electrons. The van der Waals surface area contributed by atoms with Gasteiger partial charge < -0.3 is 4.90 Å². The number of aromatic nitrogens is 1. The van der Waals surface area contributed by atoms with Crippen LogP contribution in [0.15, 0.2) is 48.8 Å². The number of nitrogens with zero attached hydrogens (tertiary/aromatic N) is 2. The van der Waals surface area contributed by atoms with Crippen LogP contribution in [0.3, 0.4) is 0 Å². The topological polar surface area (TPSA) is 33.2 Å². The van der Waals surface area contributed by atoms with Crippen molar-refractivity contribution < 1.29 is 4.79 Å². The van der Waals surface area contributed by atoms with E-state index >= 15 is 0 Å². The van der Waals surface area contributed by atoms with Gasteiger partial charge in [-0.3, -0.25) is 9.78 Å². The van der Waals surface area contributed by atoms with Gasteiger partial charge in [-0.1, -0.05) is 24.3 Å². The second-order valence-corrected chi connectivity index (χ2v) is 5.71. The molecule has 1 aliphatic carbocycles. The van der Waals surface area contributed by atoms with Crippen molar-refractivity contribution in [2.45, 2.75) is 38.8 Å². The Morgan fingerprint density at radius 1 is 1.19 bits per heavy atom. The van der Waals surface area contributed by atoms with E-state index in [0.717, 1.165) is 24.0 Å². The van der Waals surface area contributed by atoms with Gasteiger partial charge in [-0.25, -0.2) is 0 Å². The van der Waals surface area contributed by atoms with E-state index < -0.39 is 0 Å². The first-order chi connectivity index (χ1) is 10.2. The minimum absolute atomic E-state index is 0.226. The summed E-state index contributed by atoms with van der Waals surface area (Å²) in [4.78, 5) is 18.7. The van der Waals surface area contributed by atoms with E-state index in [1.807, 2.05) is 35.2 Å². The molecule has 3 nitrogen and oxygen atoms in total. The second-order valence-electron chi connectivity index (χ2n) is 5.71. The van der Waals surface area contributed by atoms with Gasteiger partial charge in [0, 0.05) is 25.0 Å². The first kappa shape index (κ1) is 13.8. The molecule has 0 aliphatic heterocycles. The highest BCUT2D eigenvalue weighted by molar-refractivity contribution is 5.79. The SMILES string of the molecule is Cc1ccccc1CC(=O)N(Cc1ccncc1)C1CC1. The van der Waals surface area contributed by atoms with Crippen LogP contribution in [-0.2, 0) is 17.8 Å². The standard InChI is InChI=1S/C18H20N2O/c1-14-4-2-3-5-16(14)12-18(21)20(17-6-7-17)13-15-8-10-19-11-9-15/h2-5,8-11,17H,6-7,12-13H2,1H3. The third-order valence-corrected chi connectivity index (χ3v) is 4.01. The summed E-state index contributed by atoms with van der Waals surface area (Å²) in [7, 11) is 0. The van der Waals surface area contributed by atoms with Gasteiger partial charge in [0.15, 0.2) is 0 Å². The number of aryl methyl sites for hydroxylation is 1. The number of benzene rings is 1. The maximum atomic E-state index is 12.7. The molecule has 0 unspecified atom stereocenters. The van der Waals surface area contributed by atoms with Gasteiger partial charge in [0.05, 0.1) is 6.42 Å². The summed E-state index contributed by atoms with van der Waals surface area (Å²) in [6.45, 7) is 2.75. The minimum atomic E-state index is 0.226. The van der Waals surface area contributed by atoms with Crippen LogP contribution in [-0.4, -0.2) is 21.8 Å². The number of hydrogen-bond acceptors (Lipinski definition) is 2. The Morgan fingerprint density at radius 3 is 2.57 bits per heavy atom. The maximum absolute atomic E-state index is 12.7. The Bertz CT molecular complexity index is 620. The quantitative estimate of drug-likeness (QED) is 0.843. The van der Waals surface area contributed by atoms with Crippen molar-refractivity contribution in [3.63, 3.8) is 0 Å². The average molecular weight is 280 g/mol. The monoisotopic (exact) mass is 280 g/mol. The Morgan fingerprint density at radius 2 is 1.90 bits per heavy atom. The lowest BCUT2D eigenvalue weighted by Gasteiger charge is -2.23. The summed E-state index contributed by atoms with van der Waals surface area (Å²) < 4.78 is 0. The van der Waals surface area contributed by atoms with E-state index in [-0.39, 0.29) is 5.91 Å². The van der Waals surface area contributed by atoms with Crippen molar-refractivity contribution in [2.24, 2.45) is 0 Å². The zero-order valence-corrected chi connectivity index (χ0v) is 12.3. The molecule has 1 aromatic heterocycles. The highest BCUT2D eigenvalue weighted by atomic mass is 16.2. The molecule has 0 N–H and O–H groups in total. The van der Waals surface area contributed by atoms with Crippen LogP contribution in [0.2, 0.25) is 0 Å². The van der Waals surface area contributed by atoms with Crippen molar-refractivity contribution in [1.29, 1.82) is 0 Å². The van der Waals surface area contributed by atoms with Gasteiger partial charge in [0.25, 0.3) is 0 Å². The van der Waals surface area contributed by atoms with Crippen molar-refractivity contribution in [2.75, 3.05) is 0 Å². The van der Waals surface area contributed by atoms with Gasteiger partial charge >= 0.3 is 0 Å². The highest BCUT2D eigenvalue weighted by Gasteiger charge is 2.32. The third kappa shape index (κ3) is 3.48. The van der Waals surface area contributed by atoms with Gasteiger partial charge in [-0.05, 0) is 48.6 Å². The van der Waals surface area contributed by atoms with Crippen molar-refractivity contribution in [3.8, 4) is 0 Å². The Labute approximate surface area is 125 Å². The molecule has 108 valence electrons. The highest BCUT2D eigenvalue weighted by Crippen LogP contribution is 2.29.